The van der Waals surface area contributed by atoms with E-state index in [2.05, 4.69) is 9.71 Å². The lowest BCUT2D eigenvalue weighted by molar-refractivity contribution is 0.0690. The Kier molecular flexibility index (Phi) is 3.78. The maximum absolute atomic E-state index is 12.5. The van der Waals surface area contributed by atoms with Gasteiger partial charge >= 0.3 is 5.97 Å². The average Bonchev–Trinajstić information content (AvgIpc) is 2.64. The number of aromatic nitrogens is 1. The lowest BCUT2D eigenvalue weighted by Gasteiger charge is -2.09. The normalized spacial score (nSPS) is 11.4. The standard InChI is InChI=1S/C14H16N2O4S/c1-8-5-4-6-11(7-8)16-21(19,20)13-9(2)12(14(17)18)15-10(13)3/h4-7,15-16H,1-3H3,(H,17,18). The van der Waals surface area contributed by atoms with Gasteiger partial charge in [0.05, 0.1) is 0 Å². The molecular formula is C14H16N2O4S. The van der Waals surface area contributed by atoms with Gasteiger partial charge < -0.3 is 10.1 Å². The smallest absolute Gasteiger partial charge is 0.352 e. The predicted octanol–water partition coefficient (Wildman–Crippen LogP) is 2.44. The van der Waals surface area contributed by atoms with Gasteiger partial charge in [0.25, 0.3) is 10.0 Å². The zero-order valence-electron chi connectivity index (χ0n) is 11.9. The molecule has 1 aromatic carbocycles. The molecule has 0 radical (unpaired) electrons. The highest BCUT2D eigenvalue weighted by Gasteiger charge is 2.26. The van der Waals surface area contributed by atoms with E-state index in [-0.39, 0.29) is 16.2 Å². The maximum Gasteiger partial charge on any atom is 0.352 e. The molecule has 0 unspecified atom stereocenters. The van der Waals surface area contributed by atoms with Crippen molar-refractivity contribution in [3.63, 3.8) is 0 Å². The lowest BCUT2D eigenvalue weighted by Crippen LogP contribution is -2.14. The van der Waals surface area contributed by atoms with Crippen molar-refractivity contribution in [3.8, 4) is 0 Å². The van der Waals surface area contributed by atoms with Gasteiger partial charge in [-0.3, -0.25) is 4.72 Å². The summed E-state index contributed by atoms with van der Waals surface area (Å²) in [6.07, 6.45) is 0. The Morgan fingerprint density at radius 1 is 1.24 bits per heavy atom. The van der Waals surface area contributed by atoms with Gasteiger partial charge in [0.15, 0.2) is 0 Å². The minimum atomic E-state index is -3.85. The van der Waals surface area contributed by atoms with Gasteiger partial charge in [-0.2, -0.15) is 0 Å². The summed E-state index contributed by atoms with van der Waals surface area (Å²) in [5.41, 5.74) is 1.73. The Labute approximate surface area is 122 Å². The van der Waals surface area contributed by atoms with E-state index in [0.29, 0.717) is 11.4 Å². The van der Waals surface area contributed by atoms with Crippen LogP contribution in [0.4, 0.5) is 5.69 Å². The molecule has 2 rings (SSSR count). The van der Waals surface area contributed by atoms with Crippen LogP contribution >= 0.6 is 0 Å². The summed E-state index contributed by atoms with van der Waals surface area (Å²) in [7, 11) is -3.85. The number of nitrogens with one attached hydrogen (secondary N) is 2. The van der Waals surface area contributed by atoms with E-state index in [9.17, 15) is 13.2 Å². The van der Waals surface area contributed by atoms with Crippen LogP contribution in [0.5, 0.6) is 0 Å². The van der Waals surface area contributed by atoms with Gasteiger partial charge in [-0.25, -0.2) is 13.2 Å². The number of anilines is 1. The van der Waals surface area contributed by atoms with E-state index in [1.54, 1.807) is 18.2 Å². The summed E-state index contributed by atoms with van der Waals surface area (Å²) < 4.78 is 27.4. The molecule has 0 amide bonds. The number of hydrogen-bond acceptors (Lipinski definition) is 3. The van der Waals surface area contributed by atoms with Crippen LogP contribution in [0.25, 0.3) is 0 Å². The Bertz CT molecular complexity index is 806. The number of rotatable bonds is 4. The number of hydrogen-bond donors (Lipinski definition) is 3. The van der Waals surface area contributed by atoms with Gasteiger partial charge in [0, 0.05) is 16.9 Å². The van der Waals surface area contributed by atoms with E-state index >= 15 is 0 Å². The molecule has 7 heteroatoms. The molecule has 6 nitrogen and oxygen atoms in total. The highest BCUT2D eigenvalue weighted by molar-refractivity contribution is 7.92. The summed E-state index contributed by atoms with van der Waals surface area (Å²) in [5.74, 6) is -1.19. The number of aromatic carboxylic acids is 1. The minimum absolute atomic E-state index is 0.0265. The van der Waals surface area contributed by atoms with Crippen molar-refractivity contribution < 1.29 is 18.3 Å². The van der Waals surface area contributed by atoms with Crippen molar-refractivity contribution in [3.05, 3.63) is 46.8 Å². The van der Waals surface area contributed by atoms with E-state index < -0.39 is 16.0 Å². The number of carboxylic acid groups (broad SMARTS) is 1. The Morgan fingerprint density at radius 2 is 1.90 bits per heavy atom. The predicted molar refractivity (Wildman–Crippen MR) is 79.2 cm³/mol. The quantitative estimate of drug-likeness (QED) is 0.807. The van der Waals surface area contributed by atoms with Crippen molar-refractivity contribution in [2.45, 2.75) is 25.7 Å². The molecule has 0 spiro atoms. The summed E-state index contributed by atoms with van der Waals surface area (Å²) in [5, 5.41) is 9.05. The molecule has 0 aliphatic carbocycles. The van der Waals surface area contributed by atoms with Gasteiger partial charge in [0.1, 0.15) is 10.6 Å². The lowest BCUT2D eigenvalue weighted by atomic mass is 10.2. The second-order valence-corrected chi connectivity index (χ2v) is 6.48. The highest BCUT2D eigenvalue weighted by Crippen LogP contribution is 2.25. The average molecular weight is 308 g/mol. The second-order valence-electron chi connectivity index (χ2n) is 4.86. The van der Waals surface area contributed by atoms with Crippen LogP contribution in [0, 0.1) is 20.8 Å². The van der Waals surface area contributed by atoms with Gasteiger partial charge in [0.2, 0.25) is 0 Å². The molecule has 3 N–H and O–H groups in total. The van der Waals surface area contributed by atoms with Crippen molar-refractivity contribution >= 4 is 21.7 Å². The Balaban J connectivity index is 2.48. The van der Waals surface area contributed by atoms with Crippen LogP contribution in [0.2, 0.25) is 0 Å². The second kappa shape index (κ2) is 5.25. The van der Waals surface area contributed by atoms with Crippen molar-refractivity contribution in [1.82, 2.24) is 4.98 Å². The van der Waals surface area contributed by atoms with Gasteiger partial charge in [-0.1, -0.05) is 12.1 Å². The molecule has 0 saturated heterocycles. The third kappa shape index (κ3) is 2.92. The van der Waals surface area contributed by atoms with Gasteiger partial charge in [-0.15, -0.1) is 0 Å². The molecule has 0 saturated carbocycles. The van der Waals surface area contributed by atoms with Crippen LogP contribution < -0.4 is 4.72 Å². The summed E-state index contributed by atoms with van der Waals surface area (Å²) >= 11 is 0. The zero-order chi connectivity index (χ0) is 15.8. The van der Waals surface area contributed by atoms with Crippen LogP contribution in [-0.2, 0) is 10.0 Å². The number of carbonyl (C=O) groups is 1. The number of aromatic amines is 1. The molecule has 21 heavy (non-hydrogen) atoms. The number of carboxylic acids is 1. The van der Waals surface area contributed by atoms with Crippen LogP contribution in [-0.4, -0.2) is 24.5 Å². The van der Waals surface area contributed by atoms with E-state index in [1.165, 1.54) is 13.8 Å². The molecule has 1 heterocycles. The molecule has 0 fully saturated rings. The van der Waals surface area contributed by atoms with Crippen LogP contribution in [0.15, 0.2) is 29.2 Å². The Hall–Kier alpha value is -2.28. The van der Waals surface area contributed by atoms with Gasteiger partial charge in [-0.05, 0) is 38.5 Å². The van der Waals surface area contributed by atoms with Crippen LogP contribution in [0.1, 0.15) is 27.3 Å². The first-order valence-corrected chi connectivity index (χ1v) is 7.72. The SMILES string of the molecule is Cc1cccc(NS(=O)(=O)c2c(C)[nH]c(C(=O)O)c2C)c1. The van der Waals surface area contributed by atoms with E-state index in [4.69, 9.17) is 5.11 Å². The highest BCUT2D eigenvalue weighted by atomic mass is 32.2. The topological polar surface area (TPSA) is 99.3 Å². The first-order chi connectivity index (χ1) is 9.72. The number of aryl methyl sites for hydroxylation is 2. The van der Waals surface area contributed by atoms with Crippen LogP contribution in [0.3, 0.4) is 0 Å². The number of sulfonamides is 1. The largest absolute Gasteiger partial charge is 0.477 e. The maximum atomic E-state index is 12.5. The minimum Gasteiger partial charge on any atom is -0.477 e. The molecule has 1 aromatic heterocycles. The monoisotopic (exact) mass is 308 g/mol. The number of benzene rings is 1. The molecule has 112 valence electrons. The Morgan fingerprint density at radius 3 is 2.43 bits per heavy atom. The van der Waals surface area contributed by atoms with E-state index in [1.807, 2.05) is 13.0 Å². The third-order valence-electron chi connectivity index (χ3n) is 3.12. The van der Waals surface area contributed by atoms with Crippen molar-refractivity contribution in [2.24, 2.45) is 0 Å². The zero-order valence-corrected chi connectivity index (χ0v) is 12.7. The summed E-state index contributed by atoms with van der Waals surface area (Å²) in [6, 6.07) is 6.94. The molecule has 0 bridgehead atoms. The van der Waals surface area contributed by atoms with E-state index in [0.717, 1.165) is 5.56 Å². The van der Waals surface area contributed by atoms with Crippen molar-refractivity contribution in [1.29, 1.82) is 0 Å². The molecule has 0 aliphatic rings. The molecule has 0 atom stereocenters. The fourth-order valence-electron chi connectivity index (χ4n) is 2.26. The third-order valence-corrected chi connectivity index (χ3v) is 4.78. The van der Waals surface area contributed by atoms with Crippen molar-refractivity contribution in [2.75, 3.05) is 4.72 Å². The number of H-pyrrole nitrogens is 1. The molecular weight excluding hydrogens is 292 g/mol. The summed E-state index contributed by atoms with van der Waals surface area (Å²) in [6.45, 7) is 4.86. The summed E-state index contributed by atoms with van der Waals surface area (Å²) in [4.78, 5) is 13.6. The first kappa shape index (κ1) is 15.1. The molecule has 0 aliphatic heterocycles. The molecule has 2 aromatic rings. The fraction of sp³-hybridized carbons (Fsp3) is 0.214. The first-order valence-electron chi connectivity index (χ1n) is 6.24. The fourth-order valence-corrected chi connectivity index (χ4v) is 3.76.